The minimum Gasteiger partial charge on any atom is -0.465 e. The molecule has 0 atom stereocenters. The quantitative estimate of drug-likeness (QED) is 0.0814. The third-order valence-corrected chi connectivity index (χ3v) is 3.63. The van der Waals surface area contributed by atoms with E-state index in [1.54, 1.807) is 0 Å². The Bertz CT molecular complexity index is 945. The fourth-order valence-corrected chi connectivity index (χ4v) is 1.92. The highest BCUT2D eigenvalue weighted by Gasteiger charge is 2.16. The molecule has 0 rings (SSSR count). The van der Waals surface area contributed by atoms with Gasteiger partial charge in [0.1, 0.15) is 13.2 Å². The van der Waals surface area contributed by atoms with E-state index in [1.807, 2.05) is 0 Å². The van der Waals surface area contributed by atoms with E-state index in [2.05, 4.69) is 43.2 Å². The number of carbonyl (C=O) groups excluding carboxylic acids is 9. The SMILES string of the molecule is CC(=O)OCCNCCOC(=O)COC(=O)COC(=O)COC(=O)COC(=O)COC(=O)COC(=O)COC(C)=O. The molecule has 19 nitrogen and oxygen atoms in total. The van der Waals surface area contributed by atoms with E-state index >= 15 is 0 Å². The Kier molecular flexibility index (Phi) is 19.5. The van der Waals surface area contributed by atoms with Gasteiger partial charge >= 0.3 is 53.7 Å². The largest absolute Gasteiger partial charge is 0.465 e. The Balaban J connectivity index is 3.85. The first-order valence-corrected chi connectivity index (χ1v) is 11.5. The Hall–Kier alpha value is -4.81. The molecule has 0 spiro atoms. The van der Waals surface area contributed by atoms with Crippen molar-refractivity contribution >= 4 is 53.7 Å². The molecule has 1 N–H and O–H groups in total. The second kappa shape index (κ2) is 22.1. The van der Waals surface area contributed by atoms with Crippen LogP contribution in [0.3, 0.4) is 0 Å². The number of esters is 9. The molecule has 0 amide bonds. The summed E-state index contributed by atoms with van der Waals surface area (Å²) in [6.07, 6.45) is 0. The Morgan fingerprint density at radius 3 is 0.902 bits per heavy atom. The smallest absolute Gasteiger partial charge is 0.344 e. The van der Waals surface area contributed by atoms with Gasteiger partial charge < -0.3 is 47.9 Å². The van der Waals surface area contributed by atoms with Crippen molar-refractivity contribution in [3.63, 3.8) is 0 Å². The van der Waals surface area contributed by atoms with Crippen molar-refractivity contribution in [3.05, 3.63) is 0 Å². The lowest BCUT2D eigenvalue weighted by molar-refractivity contribution is -0.172. The molecular formula is C22H29NO18. The van der Waals surface area contributed by atoms with E-state index in [0.717, 1.165) is 6.92 Å². The molecule has 0 aliphatic carbocycles. The second-order valence-electron chi connectivity index (χ2n) is 7.05. The van der Waals surface area contributed by atoms with Crippen molar-refractivity contribution in [1.82, 2.24) is 5.32 Å². The van der Waals surface area contributed by atoms with Crippen LogP contribution in [0.2, 0.25) is 0 Å². The van der Waals surface area contributed by atoms with Crippen LogP contribution in [0.5, 0.6) is 0 Å². The normalized spacial score (nSPS) is 9.80. The standard InChI is InChI=1S/C22H29NO18/c1-14(24)33-5-3-23-4-6-34-16(26)8-36-18(28)10-38-20(30)12-40-22(32)13-41-21(31)11-39-19(29)9-37-17(27)7-35-15(2)25/h23H,3-13H2,1-2H3. The predicted octanol–water partition coefficient (Wildman–Crippen LogP) is -3.50. The predicted molar refractivity (Wildman–Crippen MR) is 123 cm³/mol. The topological polar surface area (TPSA) is 249 Å². The third-order valence-electron chi connectivity index (χ3n) is 3.63. The molecule has 0 radical (unpaired) electrons. The molecule has 0 fully saturated rings. The first-order chi connectivity index (χ1) is 19.4. The number of nitrogens with one attached hydrogen (secondary N) is 1. The van der Waals surface area contributed by atoms with Gasteiger partial charge in [-0.1, -0.05) is 0 Å². The summed E-state index contributed by atoms with van der Waals surface area (Å²) < 4.78 is 40.5. The van der Waals surface area contributed by atoms with Gasteiger partial charge in [0.05, 0.1) is 0 Å². The molecule has 0 aliphatic rings. The average molecular weight is 595 g/mol. The molecule has 0 heterocycles. The lowest BCUT2D eigenvalue weighted by atomic mass is 10.6. The summed E-state index contributed by atoms with van der Waals surface area (Å²) in [5, 5.41) is 2.83. The zero-order valence-corrected chi connectivity index (χ0v) is 22.1. The number of rotatable bonds is 20. The van der Waals surface area contributed by atoms with Crippen LogP contribution in [0.1, 0.15) is 13.8 Å². The molecule has 0 aromatic carbocycles. The van der Waals surface area contributed by atoms with Crippen LogP contribution in [-0.2, 0) is 85.8 Å². The van der Waals surface area contributed by atoms with Crippen LogP contribution < -0.4 is 5.32 Å². The van der Waals surface area contributed by atoms with Gasteiger partial charge in [-0.25, -0.2) is 33.6 Å². The molecule has 19 heteroatoms. The van der Waals surface area contributed by atoms with E-state index in [-0.39, 0.29) is 19.8 Å². The summed E-state index contributed by atoms with van der Waals surface area (Å²) in [7, 11) is 0. The maximum atomic E-state index is 11.5. The van der Waals surface area contributed by atoms with Gasteiger partial charge in [-0.2, -0.15) is 0 Å². The van der Waals surface area contributed by atoms with Gasteiger partial charge in [0.2, 0.25) is 0 Å². The highest BCUT2D eigenvalue weighted by Crippen LogP contribution is 1.91. The van der Waals surface area contributed by atoms with E-state index in [4.69, 9.17) is 4.74 Å². The molecule has 230 valence electrons. The zero-order valence-electron chi connectivity index (χ0n) is 22.1. The molecule has 0 aliphatic heterocycles. The first kappa shape index (κ1) is 36.2. The van der Waals surface area contributed by atoms with Gasteiger partial charge in [0.25, 0.3) is 0 Å². The van der Waals surface area contributed by atoms with Crippen LogP contribution in [0, 0.1) is 0 Å². The highest BCUT2D eigenvalue weighted by atomic mass is 16.6. The molecule has 0 aromatic heterocycles. The van der Waals surface area contributed by atoms with Crippen LogP contribution in [-0.4, -0.2) is 126 Å². The molecule has 0 unspecified atom stereocenters. The maximum Gasteiger partial charge on any atom is 0.344 e. The third kappa shape index (κ3) is 24.0. The van der Waals surface area contributed by atoms with Crippen molar-refractivity contribution in [2.45, 2.75) is 13.8 Å². The fraction of sp³-hybridized carbons (Fsp3) is 0.591. The summed E-state index contributed by atoms with van der Waals surface area (Å²) in [5.74, 6) is -8.83. The minimum absolute atomic E-state index is 0.0470. The van der Waals surface area contributed by atoms with Gasteiger partial charge in [-0.15, -0.1) is 0 Å². The van der Waals surface area contributed by atoms with Crippen LogP contribution >= 0.6 is 0 Å². The van der Waals surface area contributed by atoms with E-state index in [0.29, 0.717) is 6.54 Å². The Morgan fingerprint density at radius 1 is 0.366 bits per heavy atom. The van der Waals surface area contributed by atoms with Crippen molar-refractivity contribution in [2.24, 2.45) is 0 Å². The Labute approximate surface area is 231 Å². The van der Waals surface area contributed by atoms with Gasteiger partial charge in [-0.3, -0.25) is 9.59 Å². The van der Waals surface area contributed by atoms with Crippen LogP contribution in [0.25, 0.3) is 0 Å². The van der Waals surface area contributed by atoms with E-state index in [1.165, 1.54) is 6.92 Å². The highest BCUT2D eigenvalue weighted by molar-refractivity contribution is 5.83. The van der Waals surface area contributed by atoms with E-state index < -0.39 is 100.0 Å². The summed E-state index contributed by atoms with van der Waals surface area (Å²) in [4.78, 5) is 101. The minimum atomic E-state index is -1.19. The van der Waals surface area contributed by atoms with Gasteiger partial charge in [0, 0.05) is 26.9 Å². The molecular weight excluding hydrogens is 566 g/mol. The van der Waals surface area contributed by atoms with E-state index in [9.17, 15) is 43.2 Å². The average Bonchev–Trinajstić information content (AvgIpc) is 2.92. The monoisotopic (exact) mass is 595 g/mol. The molecule has 41 heavy (non-hydrogen) atoms. The number of carbonyl (C=O) groups is 9. The fourth-order valence-electron chi connectivity index (χ4n) is 1.92. The summed E-state index contributed by atoms with van der Waals surface area (Å²) >= 11 is 0. The summed E-state index contributed by atoms with van der Waals surface area (Å²) in [6.45, 7) is -3.09. The van der Waals surface area contributed by atoms with Crippen LogP contribution in [0.4, 0.5) is 0 Å². The number of ether oxygens (including phenoxy) is 9. The number of hydrogen-bond donors (Lipinski definition) is 1. The van der Waals surface area contributed by atoms with Crippen molar-refractivity contribution in [2.75, 3.05) is 72.6 Å². The van der Waals surface area contributed by atoms with Crippen LogP contribution in [0.15, 0.2) is 0 Å². The molecule has 0 bridgehead atoms. The molecule has 0 aromatic rings. The zero-order chi connectivity index (χ0) is 31.0. The Morgan fingerprint density at radius 2 is 0.610 bits per heavy atom. The van der Waals surface area contributed by atoms with Crippen molar-refractivity contribution in [1.29, 1.82) is 0 Å². The van der Waals surface area contributed by atoms with Gasteiger partial charge in [0.15, 0.2) is 46.2 Å². The molecule has 0 saturated heterocycles. The lowest BCUT2D eigenvalue weighted by Crippen LogP contribution is -2.27. The first-order valence-electron chi connectivity index (χ1n) is 11.5. The number of hydrogen-bond acceptors (Lipinski definition) is 19. The maximum absolute atomic E-state index is 11.5. The summed E-state index contributed by atoms with van der Waals surface area (Å²) in [5.41, 5.74) is 0. The van der Waals surface area contributed by atoms with Crippen molar-refractivity contribution < 1.29 is 85.8 Å². The van der Waals surface area contributed by atoms with Crippen molar-refractivity contribution in [3.8, 4) is 0 Å². The summed E-state index contributed by atoms with van der Waals surface area (Å²) in [6, 6.07) is 0. The van der Waals surface area contributed by atoms with Gasteiger partial charge in [-0.05, 0) is 0 Å². The second-order valence-corrected chi connectivity index (χ2v) is 7.05. The lowest BCUT2D eigenvalue weighted by Gasteiger charge is -2.08. The molecule has 0 saturated carbocycles.